The molecule has 1 fully saturated rings. The van der Waals surface area contributed by atoms with Crippen molar-refractivity contribution in [2.24, 2.45) is 0 Å². The van der Waals surface area contributed by atoms with Crippen LogP contribution in [0.3, 0.4) is 0 Å². The standard InChI is InChI=1S/C12H16N2O5/c1-7-2-3-8(14(17)18)4-9(7)13-12-5-10(16)11(6-15)19-12/h2-4,10-13,15-16H,5-6H2,1H3/t10-,11-,12-/m1/s1. The third-order valence-corrected chi connectivity index (χ3v) is 3.15. The number of aliphatic hydroxyl groups excluding tert-OH is 2. The van der Waals surface area contributed by atoms with E-state index >= 15 is 0 Å². The predicted octanol–water partition coefficient (Wildman–Crippen LogP) is 0.783. The Bertz CT molecular complexity index is 479. The third kappa shape index (κ3) is 3.01. The number of anilines is 1. The van der Waals surface area contributed by atoms with Gasteiger partial charge in [-0.3, -0.25) is 10.1 Å². The highest BCUT2D eigenvalue weighted by molar-refractivity contribution is 5.57. The molecule has 0 saturated carbocycles. The minimum absolute atomic E-state index is 0.00893. The lowest BCUT2D eigenvalue weighted by Crippen LogP contribution is -2.25. The maximum atomic E-state index is 10.7. The molecule has 0 amide bonds. The summed E-state index contributed by atoms with van der Waals surface area (Å²) in [5, 5.41) is 32.3. The van der Waals surface area contributed by atoms with Crippen LogP contribution >= 0.6 is 0 Å². The van der Waals surface area contributed by atoms with E-state index in [1.807, 2.05) is 6.92 Å². The summed E-state index contributed by atoms with van der Waals surface area (Å²) in [4.78, 5) is 10.3. The summed E-state index contributed by atoms with van der Waals surface area (Å²) in [5.41, 5.74) is 1.42. The number of aryl methyl sites for hydroxylation is 1. The molecule has 3 atom stereocenters. The molecule has 0 aromatic heterocycles. The number of hydrogen-bond donors (Lipinski definition) is 3. The van der Waals surface area contributed by atoms with Crippen molar-refractivity contribution >= 4 is 11.4 Å². The van der Waals surface area contributed by atoms with Gasteiger partial charge < -0.3 is 20.3 Å². The van der Waals surface area contributed by atoms with Gasteiger partial charge in [0, 0.05) is 24.2 Å². The molecule has 104 valence electrons. The number of nitro groups is 1. The number of nitrogens with one attached hydrogen (secondary N) is 1. The maximum Gasteiger partial charge on any atom is 0.271 e. The number of benzene rings is 1. The number of nitrogens with zero attached hydrogens (tertiary/aromatic N) is 1. The van der Waals surface area contributed by atoms with Gasteiger partial charge in [-0.1, -0.05) is 6.07 Å². The number of non-ortho nitro benzene ring substituents is 1. The van der Waals surface area contributed by atoms with E-state index < -0.39 is 23.4 Å². The number of nitro benzene ring substituents is 1. The van der Waals surface area contributed by atoms with Crippen molar-refractivity contribution in [2.75, 3.05) is 11.9 Å². The molecular weight excluding hydrogens is 252 g/mol. The first-order valence-electron chi connectivity index (χ1n) is 5.97. The zero-order chi connectivity index (χ0) is 14.0. The van der Waals surface area contributed by atoms with Crippen molar-refractivity contribution < 1.29 is 19.9 Å². The Labute approximate surface area is 110 Å². The van der Waals surface area contributed by atoms with Crippen molar-refractivity contribution in [1.29, 1.82) is 0 Å². The molecule has 0 radical (unpaired) electrons. The molecule has 1 saturated heterocycles. The van der Waals surface area contributed by atoms with E-state index in [1.165, 1.54) is 12.1 Å². The Morgan fingerprint density at radius 2 is 2.32 bits per heavy atom. The number of aliphatic hydroxyl groups is 2. The first-order valence-corrected chi connectivity index (χ1v) is 5.97. The Kier molecular flexibility index (Phi) is 3.98. The van der Waals surface area contributed by atoms with Crippen LogP contribution in [0.4, 0.5) is 11.4 Å². The Morgan fingerprint density at radius 3 is 2.89 bits per heavy atom. The number of rotatable bonds is 4. The minimum Gasteiger partial charge on any atom is -0.394 e. The van der Waals surface area contributed by atoms with Crippen molar-refractivity contribution in [1.82, 2.24) is 0 Å². The van der Waals surface area contributed by atoms with Crippen LogP contribution in [-0.4, -0.2) is 40.2 Å². The zero-order valence-corrected chi connectivity index (χ0v) is 10.4. The summed E-state index contributed by atoms with van der Waals surface area (Å²) >= 11 is 0. The Balaban J connectivity index is 2.11. The van der Waals surface area contributed by atoms with E-state index in [2.05, 4.69) is 5.32 Å². The summed E-state index contributed by atoms with van der Waals surface area (Å²) in [6, 6.07) is 4.51. The van der Waals surface area contributed by atoms with E-state index in [-0.39, 0.29) is 12.3 Å². The highest BCUT2D eigenvalue weighted by Gasteiger charge is 2.33. The highest BCUT2D eigenvalue weighted by atomic mass is 16.6. The smallest absolute Gasteiger partial charge is 0.271 e. The van der Waals surface area contributed by atoms with Gasteiger partial charge in [0.1, 0.15) is 12.3 Å². The van der Waals surface area contributed by atoms with Crippen LogP contribution in [0.1, 0.15) is 12.0 Å². The van der Waals surface area contributed by atoms with Crippen LogP contribution in [0.2, 0.25) is 0 Å². The molecular formula is C12H16N2O5. The molecule has 0 bridgehead atoms. The molecule has 1 aromatic carbocycles. The van der Waals surface area contributed by atoms with E-state index in [4.69, 9.17) is 9.84 Å². The molecule has 1 aliphatic rings. The molecule has 19 heavy (non-hydrogen) atoms. The minimum atomic E-state index is -0.735. The molecule has 2 rings (SSSR count). The zero-order valence-electron chi connectivity index (χ0n) is 10.4. The van der Waals surface area contributed by atoms with E-state index in [0.717, 1.165) is 5.56 Å². The van der Waals surface area contributed by atoms with E-state index in [1.54, 1.807) is 6.07 Å². The molecule has 3 N–H and O–H groups in total. The van der Waals surface area contributed by atoms with Gasteiger partial charge in [0.2, 0.25) is 0 Å². The largest absolute Gasteiger partial charge is 0.394 e. The van der Waals surface area contributed by atoms with Crippen molar-refractivity contribution in [3.63, 3.8) is 0 Å². The van der Waals surface area contributed by atoms with Gasteiger partial charge in [-0.2, -0.15) is 0 Å². The van der Waals surface area contributed by atoms with Gasteiger partial charge in [0.25, 0.3) is 5.69 Å². The van der Waals surface area contributed by atoms with Gasteiger partial charge in [0.15, 0.2) is 0 Å². The van der Waals surface area contributed by atoms with Gasteiger partial charge >= 0.3 is 0 Å². The summed E-state index contributed by atoms with van der Waals surface area (Å²) < 4.78 is 5.40. The second-order valence-corrected chi connectivity index (χ2v) is 4.55. The van der Waals surface area contributed by atoms with Crippen molar-refractivity contribution in [2.45, 2.75) is 31.8 Å². The fourth-order valence-electron chi connectivity index (χ4n) is 2.04. The normalized spacial score (nSPS) is 26.4. The van der Waals surface area contributed by atoms with Crippen LogP contribution in [-0.2, 0) is 4.74 Å². The van der Waals surface area contributed by atoms with Crippen LogP contribution in [0.5, 0.6) is 0 Å². The van der Waals surface area contributed by atoms with Crippen molar-refractivity contribution in [3.05, 3.63) is 33.9 Å². The fourth-order valence-corrected chi connectivity index (χ4v) is 2.04. The fraction of sp³-hybridized carbons (Fsp3) is 0.500. The quantitative estimate of drug-likeness (QED) is 0.550. The lowest BCUT2D eigenvalue weighted by molar-refractivity contribution is -0.384. The van der Waals surface area contributed by atoms with Crippen molar-refractivity contribution in [3.8, 4) is 0 Å². The van der Waals surface area contributed by atoms with Gasteiger partial charge in [-0.15, -0.1) is 0 Å². The first-order chi connectivity index (χ1) is 9.01. The highest BCUT2D eigenvalue weighted by Crippen LogP contribution is 2.26. The predicted molar refractivity (Wildman–Crippen MR) is 67.8 cm³/mol. The second-order valence-electron chi connectivity index (χ2n) is 4.55. The van der Waals surface area contributed by atoms with Crippen LogP contribution in [0.25, 0.3) is 0 Å². The lowest BCUT2D eigenvalue weighted by atomic mass is 10.1. The molecule has 1 aliphatic heterocycles. The molecule has 7 nitrogen and oxygen atoms in total. The molecule has 0 spiro atoms. The van der Waals surface area contributed by atoms with E-state index in [9.17, 15) is 15.2 Å². The van der Waals surface area contributed by atoms with Gasteiger partial charge in [-0.25, -0.2) is 0 Å². The molecule has 1 heterocycles. The molecule has 0 aliphatic carbocycles. The average Bonchev–Trinajstić information content (AvgIpc) is 2.72. The van der Waals surface area contributed by atoms with Crippen LogP contribution < -0.4 is 5.32 Å². The average molecular weight is 268 g/mol. The first kappa shape index (κ1) is 13.7. The van der Waals surface area contributed by atoms with Crippen LogP contribution in [0, 0.1) is 17.0 Å². The molecule has 7 heteroatoms. The monoisotopic (exact) mass is 268 g/mol. The molecule has 1 aromatic rings. The SMILES string of the molecule is Cc1ccc([N+](=O)[O-])cc1N[C@H]1C[C@@H](O)[C@@H](CO)O1. The lowest BCUT2D eigenvalue weighted by Gasteiger charge is -2.16. The number of hydrogen-bond acceptors (Lipinski definition) is 6. The summed E-state index contributed by atoms with van der Waals surface area (Å²) in [7, 11) is 0. The summed E-state index contributed by atoms with van der Waals surface area (Å²) in [6.45, 7) is 1.56. The van der Waals surface area contributed by atoms with Gasteiger partial charge in [-0.05, 0) is 12.5 Å². The van der Waals surface area contributed by atoms with E-state index in [0.29, 0.717) is 12.1 Å². The summed E-state index contributed by atoms with van der Waals surface area (Å²) in [6.07, 6.45) is -1.49. The molecule has 0 unspecified atom stereocenters. The third-order valence-electron chi connectivity index (χ3n) is 3.15. The number of ether oxygens (including phenoxy) is 1. The maximum absolute atomic E-state index is 10.7. The van der Waals surface area contributed by atoms with Gasteiger partial charge in [0.05, 0.1) is 17.6 Å². The second kappa shape index (κ2) is 5.52. The van der Waals surface area contributed by atoms with Crippen LogP contribution in [0.15, 0.2) is 18.2 Å². The Morgan fingerprint density at radius 1 is 1.58 bits per heavy atom. The Hall–Kier alpha value is -1.70. The topological polar surface area (TPSA) is 105 Å². The summed E-state index contributed by atoms with van der Waals surface area (Å²) in [5.74, 6) is 0.